The van der Waals surface area contributed by atoms with E-state index >= 15 is 0 Å². The highest BCUT2D eigenvalue weighted by Crippen LogP contribution is 2.06. The van der Waals surface area contributed by atoms with Crippen LogP contribution in [-0.4, -0.2) is 16.4 Å². The molecule has 0 spiro atoms. The fourth-order valence-electron chi connectivity index (χ4n) is 1.57. The fraction of sp³-hybridized carbons (Fsp3) is 0.308. The summed E-state index contributed by atoms with van der Waals surface area (Å²) in [6.07, 6.45) is 1.83. The van der Waals surface area contributed by atoms with E-state index in [1.807, 2.05) is 36.0 Å². The van der Waals surface area contributed by atoms with E-state index in [0.29, 0.717) is 13.2 Å². The number of nitrogens with zero attached hydrogens (tertiary/aromatic N) is 2. The molecule has 0 radical (unpaired) electrons. The summed E-state index contributed by atoms with van der Waals surface area (Å²) in [5.74, 6) is 0. The van der Waals surface area contributed by atoms with Gasteiger partial charge in [0.05, 0.1) is 31.1 Å². The first-order valence-electron chi connectivity index (χ1n) is 5.67. The highest BCUT2D eigenvalue weighted by Gasteiger charge is 2.00. The maximum Gasteiger partial charge on any atom is 0.0822 e. The van der Waals surface area contributed by atoms with Crippen LogP contribution < -0.4 is 5.73 Å². The summed E-state index contributed by atoms with van der Waals surface area (Å²) < 4.78 is 7.39. The molecule has 2 rings (SSSR count). The molecule has 0 aliphatic rings. The maximum atomic E-state index is 5.71. The molecule has 0 bridgehead atoms. The number of rotatable bonds is 5. The molecule has 0 aliphatic carbocycles. The van der Waals surface area contributed by atoms with E-state index in [4.69, 9.17) is 10.5 Å². The summed E-state index contributed by atoms with van der Waals surface area (Å²) >= 11 is 0. The van der Waals surface area contributed by atoms with Crippen LogP contribution in [0, 0.1) is 6.92 Å². The Hall–Kier alpha value is -1.81. The van der Waals surface area contributed by atoms with Gasteiger partial charge in [0.25, 0.3) is 0 Å². The monoisotopic (exact) mass is 231 g/mol. The minimum atomic E-state index is 0.634. The first kappa shape index (κ1) is 11.7. The number of aromatic nitrogens is 2. The number of benzene rings is 1. The van der Waals surface area contributed by atoms with Crippen molar-refractivity contribution in [3.63, 3.8) is 0 Å². The average Bonchev–Trinajstić information content (AvgIpc) is 2.66. The van der Waals surface area contributed by atoms with Gasteiger partial charge in [-0.1, -0.05) is 30.3 Å². The molecule has 0 saturated carbocycles. The molecule has 1 heterocycles. The van der Waals surface area contributed by atoms with Crippen molar-refractivity contribution in [3.05, 3.63) is 47.8 Å². The van der Waals surface area contributed by atoms with E-state index in [2.05, 4.69) is 17.2 Å². The van der Waals surface area contributed by atoms with Gasteiger partial charge in [0.1, 0.15) is 0 Å². The van der Waals surface area contributed by atoms with Gasteiger partial charge in [-0.3, -0.25) is 4.68 Å². The number of nitrogens with two attached hydrogens (primary N) is 1. The maximum absolute atomic E-state index is 5.71. The van der Waals surface area contributed by atoms with Crippen molar-refractivity contribution < 1.29 is 4.74 Å². The Kier molecular flexibility index (Phi) is 3.77. The van der Waals surface area contributed by atoms with Gasteiger partial charge in [-0.15, -0.1) is 0 Å². The Labute approximate surface area is 101 Å². The topological polar surface area (TPSA) is 53.1 Å². The Morgan fingerprint density at radius 2 is 2.06 bits per heavy atom. The number of anilines is 1. The minimum Gasteiger partial charge on any atom is -0.396 e. The number of nitrogen functional groups attached to an aromatic ring is 1. The van der Waals surface area contributed by atoms with Crippen LogP contribution in [0.25, 0.3) is 0 Å². The molecule has 2 N–H and O–H groups in total. The summed E-state index contributed by atoms with van der Waals surface area (Å²) in [6, 6.07) is 10.1. The molecule has 90 valence electrons. The average molecular weight is 231 g/mol. The van der Waals surface area contributed by atoms with E-state index < -0.39 is 0 Å². The van der Waals surface area contributed by atoms with Gasteiger partial charge < -0.3 is 10.5 Å². The highest BCUT2D eigenvalue weighted by atomic mass is 16.5. The van der Waals surface area contributed by atoms with Crippen molar-refractivity contribution in [1.82, 2.24) is 9.78 Å². The van der Waals surface area contributed by atoms with Gasteiger partial charge in [0.2, 0.25) is 0 Å². The zero-order valence-electron chi connectivity index (χ0n) is 9.97. The quantitative estimate of drug-likeness (QED) is 0.801. The van der Waals surface area contributed by atoms with Crippen LogP contribution >= 0.6 is 0 Å². The molecule has 0 atom stereocenters. The van der Waals surface area contributed by atoms with Gasteiger partial charge in [-0.2, -0.15) is 5.10 Å². The second-order valence-electron chi connectivity index (χ2n) is 3.97. The van der Waals surface area contributed by atoms with Crippen molar-refractivity contribution in [2.75, 3.05) is 12.3 Å². The fourth-order valence-corrected chi connectivity index (χ4v) is 1.57. The Morgan fingerprint density at radius 3 is 2.71 bits per heavy atom. The molecular weight excluding hydrogens is 214 g/mol. The smallest absolute Gasteiger partial charge is 0.0822 e. The van der Waals surface area contributed by atoms with Crippen molar-refractivity contribution >= 4 is 5.69 Å². The van der Waals surface area contributed by atoms with E-state index in [1.54, 1.807) is 0 Å². The van der Waals surface area contributed by atoms with E-state index in [9.17, 15) is 0 Å². The third-order valence-corrected chi connectivity index (χ3v) is 2.56. The van der Waals surface area contributed by atoms with E-state index in [1.165, 1.54) is 5.56 Å². The molecular formula is C13H17N3O. The van der Waals surface area contributed by atoms with Crippen LogP contribution in [0.15, 0.2) is 36.5 Å². The van der Waals surface area contributed by atoms with E-state index in [-0.39, 0.29) is 0 Å². The first-order valence-corrected chi connectivity index (χ1v) is 5.67. The molecule has 0 aliphatic heterocycles. The molecule has 0 fully saturated rings. The van der Waals surface area contributed by atoms with Gasteiger partial charge in [0, 0.05) is 6.20 Å². The summed E-state index contributed by atoms with van der Waals surface area (Å²) in [4.78, 5) is 0. The Balaban J connectivity index is 1.73. The lowest BCUT2D eigenvalue weighted by molar-refractivity contribution is 0.111. The Bertz CT molecular complexity index is 445. The first-order chi connectivity index (χ1) is 8.25. The molecule has 0 saturated heterocycles. The zero-order chi connectivity index (χ0) is 12.1. The standard InChI is InChI=1S/C13H17N3O/c1-11-13(14)9-16(15-11)7-8-17-10-12-5-3-2-4-6-12/h2-6,9H,7-8,10,14H2,1H3. The molecule has 1 aromatic heterocycles. The van der Waals surface area contributed by atoms with Crippen molar-refractivity contribution in [2.45, 2.75) is 20.1 Å². The van der Waals surface area contributed by atoms with Crippen LogP contribution in [-0.2, 0) is 17.9 Å². The number of ether oxygens (including phenoxy) is 1. The van der Waals surface area contributed by atoms with Gasteiger partial charge in [0.15, 0.2) is 0 Å². The summed E-state index contributed by atoms with van der Waals surface area (Å²) in [7, 11) is 0. The lowest BCUT2D eigenvalue weighted by atomic mass is 10.2. The highest BCUT2D eigenvalue weighted by molar-refractivity contribution is 5.39. The lowest BCUT2D eigenvalue weighted by Gasteiger charge is -2.04. The predicted molar refractivity (Wildman–Crippen MR) is 67.5 cm³/mol. The normalized spacial score (nSPS) is 10.6. The minimum absolute atomic E-state index is 0.634. The predicted octanol–water partition coefficient (Wildman–Crippen LogP) is 1.99. The number of hydrogen-bond donors (Lipinski definition) is 1. The van der Waals surface area contributed by atoms with Crippen LogP contribution in [0.3, 0.4) is 0 Å². The van der Waals surface area contributed by atoms with Gasteiger partial charge >= 0.3 is 0 Å². The van der Waals surface area contributed by atoms with Crippen molar-refractivity contribution in [1.29, 1.82) is 0 Å². The summed E-state index contributed by atoms with van der Waals surface area (Å²) in [5.41, 5.74) is 8.49. The summed E-state index contributed by atoms with van der Waals surface area (Å²) in [5, 5.41) is 4.27. The molecule has 1 aromatic carbocycles. The SMILES string of the molecule is Cc1nn(CCOCc2ccccc2)cc1N. The van der Waals surface area contributed by atoms with E-state index in [0.717, 1.165) is 17.9 Å². The third kappa shape index (κ3) is 3.32. The van der Waals surface area contributed by atoms with Crippen LogP contribution in [0.1, 0.15) is 11.3 Å². The molecule has 0 unspecified atom stereocenters. The summed E-state index contributed by atoms with van der Waals surface area (Å²) in [6.45, 7) is 3.90. The van der Waals surface area contributed by atoms with Crippen LogP contribution in [0.5, 0.6) is 0 Å². The van der Waals surface area contributed by atoms with Crippen LogP contribution in [0.4, 0.5) is 5.69 Å². The van der Waals surface area contributed by atoms with Gasteiger partial charge in [-0.05, 0) is 12.5 Å². The molecule has 2 aromatic rings. The number of hydrogen-bond acceptors (Lipinski definition) is 3. The molecule has 4 nitrogen and oxygen atoms in total. The third-order valence-electron chi connectivity index (χ3n) is 2.56. The van der Waals surface area contributed by atoms with Crippen LogP contribution in [0.2, 0.25) is 0 Å². The number of aryl methyl sites for hydroxylation is 1. The second-order valence-corrected chi connectivity index (χ2v) is 3.97. The zero-order valence-corrected chi connectivity index (χ0v) is 9.97. The molecule has 0 amide bonds. The van der Waals surface area contributed by atoms with Crippen molar-refractivity contribution in [3.8, 4) is 0 Å². The lowest BCUT2D eigenvalue weighted by Crippen LogP contribution is -2.06. The molecule has 4 heteroatoms. The van der Waals surface area contributed by atoms with Gasteiger partial charge in [-0.25, -0.2) is 0 Å². The second kappa shape index (κ2) is 5.50. The molecule has 17 heavy (non-hydrogen) atoms. The largest absolute Gasteiger partial charge is 0.396 e. The van der Waals surface area contributed by atoms with Crippen molar-refractivity contribution in [2.24, 2.45) is 0 Å². The Morgan fingerprint density at radius 1 is 1.29 bits per heavy atom.